The Hall–Kier alpha value is -1.02. The Balaban J connectivity index is 3.16. The zero-order valence-corrected chi connectivity index (χ0v) is 7.35. The monoisotopic (exact) mass is 232 g/mol. The molecule has 0 N–H and O–H groups in total. The molecule has 0 atom stereocenters. The predicted octanol–water partition coefficient (Wildman–Crippen LogP) is 2.65. The van der Waals surface area contributed by atoms with E-state index in [1.165, 1.54) is 6.20 Å². The van der Waals surface area contributed by atoms with Crippen LogP contribution in [0.2, 0.25) is 0 Å². The van der Waals surface area contributed by atoms with Gasteiger partial charge in [-0.15, -0.1) is 0 Å². The molecule has 5 heteroatoms. The van der Waals surface area contributed by atoms with Crippen LogP contribution in [0.4, 0.5) is 8.78 Å². The molecule has 0 saturated carbocycles. The SMILES string of the molecule is N#Cc1cc(C(F)F)ncc1Br. The smallest absolute Gasteiger partial charge is 0.254 e. The van der Waals surface area contributed by atoms with Gasteiger partial charge in [0.05, 0.1) is 10.0 Å². The molecule has 0 amide bonds. The highest BCUT2D eigenvalue weighted by molar-refractivity contribution is 9.10. The maximum atomic E-state index is 12.0. The van der Waals surface area contributed by atoms with E-state index in [2.05, 4.69) is 20.9 Å². The third-order valence-corrected chi connectivity index (χ3v) is 1.85. The minimum Gasteiger partial charge on any atom is -0.254 e. The van der Waals surface area contributed by atoms with Crippen LogP contribution in [0.5, 0.6) is 0 Å². The Labute approximate surface area is 76.0 Å². The van der Waals surface area contributed by atoms with Crippen LogP contribution in [0.3, 0.4) is 0 Å². The van der Waals surface area contributed by atoms with Gasteiger partial charge in [0.25, 0.3) is 6.43 Å². The minimum absolute atomic E-state index is 0.167. The standard InChI is InChI=1S/C7H3BrF2N2/c8-5-3-12-6(7(9)10)1-4(5)2-11/h1,3,7H. The molecule has 0 unspecified atom stereocenters. The lowest BCUT2D eigenvalue weighted by Crippen LogP contribution is -1.91. The number of hydrogen-bond acceptors (Lipinski definition) is 2. The topological polar surface area (TPSA) is 36.7 Å². The van der Waals surface area contributed by atoms with Crippen LogP contribution in [0.25, 0.3) is 0 Å². The first-order valence-electron chi connectivity index (χ1n) is 2.99. The van der Waals surface area contributed by atoms with Crippen LogP contribution in [-0.4, -0.2) is 4.98 Å². The molecule has 0 saturated heterocycles. The molecule has 2 nitrogen and oxygen atoms in total. The molecule has 0 spiro atoms. The van der Waals surface area contributed by atoms with E-state index in [9.17, 15) is 8.78 Å². The van der Waals surface area contributed by atoms with E-state index in [4.69, 9.17) is 5.26 Å². The normalized spacial score (nSPS) is 9.92. The van der Waals surface area contributed by atoms with Crippen molar-refractivity contribution in [2.45, 2.75) is 6.43 Å². The Morgan fingerprint density at radius 1 is 1.58 bits per heavy atom. The molecule has 0 fully saturated rings. The van der Waals surface area contributed by atoms with Gasteiger partial charge in [0.15, 0.2) is 0 Å². The second-order valence-corrected chi connectivity index (χ2v) is 2.86. The van der Waals surface area contributed by atoms with Gasteiger partial charge < -0.3 is 0 Å². The summed E-state index contributed by atoms with van der Waals surface area (Å²) in [5, 5.41) is 8.47. The Kier molecular flexibility index (Phi) is 2.71. The number of alkyl halides is 2. The van der Waals surface area contributed by atoms with Gasteiger partial charge in [-0.05, 0) is 22.0 Å². The van der Waals surface area contributed by atoms with Gasteiger partial charge in [-0.1, -0.05) is 0 Å². The van der Waals surface area contributed by atoms with Crippen molar-refractivity contribution in [3.63, 3.8) is 0 Å². The van der Waals surface area contributed by atoms with Crippen molar-refractivity contribution < 1.29 is 8.78 Å². The Morgan fingerprint density at radius 2 is 2.25 bits per heavy atom. The van der Waals surface area contributed by atoms with Crippen LogP contribution >= 0.6 is 15.9 Å². The molecule has 0 aromatic carbocycles. The summed E-state index contributed by atoms with van der Waals surface area (Å²) >= 11 is 3.01. The van der Waals surface area contributed by atoms with Gasteiger partial charge in [0.1, 0.15) is 11.8 Å². The van der Waals surface area contributed by atoms with Gasteiger partial charge in [-0.3, -0.25) is 4.98 Å². The average molecular weight is 233 g/mol. The number of pyridine rings is 1. The molecular formula is C7H3BrF2N2. The van der Waals surface area contributed by atoms with Crippen molar-refractivity contribution in [2.75, 3.05) is 0 Å². The van der Waals surface area contributed by atoms with E-state index in [0.29, 0.717) is 4.47 Å². The summed E-state index contributed by atoms with van der Waals surface area (Å²) < 4.78 is 24.5. The molecular weight excluding hydrogens is 230 g/mol. The second-order valence-electron chi connectivity index (χ2n) is 2.00. The van der Waals surface area contributed by atoms with Gasteiger partial charge >= 0.3 is 0 Å². The summed E-state index contributed by atoms with van der Waals surface area (Å²) in [5.41, 5.74) is -0.213. The van der Waals surface area contributed by atoms with E-state index in [1.54, 1.807) is 6.07 Å². The van der Waals surface area contributed by atoms with E-state index < -0.39 is 6.43 Å². The maximum absolute atomic E-state index is 12.0. The first-order chi connectivity index (χ1) is 5.65. The Morgan fingerprint density at radius 3 is 2.75 bits per heavy atom. The fraction of sp³-hybridized carbons (Fsp3) is 0.143. The van der Waals surface area contributed by atoms with Crippen LogP contribution in [0.15, 0.2) is 16.7 Å². The second kappa shape index (κ2) is 3.59. The zero-order chi connectivity index (χ0) is 9.14. The third kappa shape index (κ3) is 1.77. The van der Waals surface area contributed by atoms with Crippen LogP contribution in [0.1, 0.15) is 17.7 Å². The average Bonchev–Trinajstić information content (AvgIpc) is 2.05. The van der Waals surface area contributed by atoms with E-state index >= 15 is 0 Å². The van der Waals surface area contributed by atoms with Gasteiger partial charge in [-0.2, -0.15) is 5.26 Å². The van der Waals surface area contributed by atoms with Crippen molar-refractivity contribution in [3.05, 3.63) is 28.0 Å². The molecule has 1 rings (SSSR count). The maximum Gasteiger partial charge on any atom is 0.280 e. The van der Waals surface area contributed by atoms with Crippen molar-refractivity contribution in [2.24, 2.45) is 0 Å². The number of aromatic nitrogens is 1. The highest BCUT2D eigenvalue weighted by atomic mass is 79.9. The number of nitriles is 1. The molecule has 1 aromatic rings. The molecule has 1 aromatic heterocycles. The molecule has 0 aliphatic carbocycles. The molecule has 0 aliphatic rings. The molecule has 0 bridgehead atoms. The van der Waals surface area contributed by atoms with Crippen LogP contribution in [0, 0.1) is 11.3 Å². The van der Waals surface area contributed by atoms with Crippen molar-refractivity contribution in [1.82, 2.24) is 4.98 Å². The first kappa shape index (κ1) is 9.07. The molecule has 62 valence electrons. The van der Waals surface area contributed by atoms with E-state index in [1.807, 2.05) is 0 Å². The lowest BCUT2D eigenvalue weighted by Gasteiger charge is -1.99. The largest absolute Gasteiger partial charge is 0.280 e. The fourth-order valence-corrected chi connectivity index (χ4v) is 0.965. The summed E-state index contributed by atoms with van der Waals surface area (Å²) in [6.45, 7) is 0. The van der Waals surface area contributed by atoms with Crippen molar-refractivity contribution in [1.29, 1.82) is 5.26 Å². The lowest BCUT2D eigenvalue weighted by atomic mass is 10.2. The number of halogens is 3. The predicted molar refractivity (Wildman–Crippen MR) is 41.6 cm³/mol. The minimum atomic E-state index is -2.63. The van der Waals surface area contributed by atoms with Crippen LogP contribution < -0.4 is 0 Å². The zero-order valence-electron chi connectivity index (χ0n) is 5.76. The van der Waals surface area contributed by atoms with Crippen LogP contribution in [-0.2, 0) is 0 Å². The van der Waals surface area contributed by atoms with Gasteiger partial charge in [-0.25, -0.2) is 8.78 Å². The van der Waals surface area contributed by atoms with Crippen molar-refractivity contribution in [3.8, 4) is 6.07 Å². The van der Waals surface area contributed by atoms with Gasteiger partial charge in [0.2, 0.25) is 0 Å². The highest BCUT2D eigenvalue weighted by Crippen LogP contribution is 2.21. The molecule has 12 heavy (non-hydrogen) atoms. The summed E-state index contributed by atoms with van der Waals surface area (Å²) in [5.74, 6) is 0. The summed E-state index contributed by atoms with van der Waals surface area (Å²) in [6.07, 6.45) is -1.44. The van der Waals surface area contributed by atoms with Gasteiger partial charge in [0, 0.05) is 6.20 Å². The number of nitrogens with zero attached hydrogens (tertiary/aromatic N) is 2. The highest BCUT2D eigenvalue weighted by Gasteiger charge is 2.10. The van der Waals surface area contributed by atoms with E-state index in [-0.39, 0.29) is 11.3 Å². The number of rotatable bonds is 1. The summed E-state index contributed by atoms with van der Waals surface area (Å²) in [6, 6.07) is 2.83. The molecule has 0 radical (unpaired) electrons. The number of hydrogen-bond donors (Lipinski definition) is 0. The van der Waals surface area contributed by atoms with E-state index in [0.717, 1.165) is 6.07 Å². The Bertz CT molecular complexity index is 333. The first-order valence-corrected chi connectivity index (χ1v) is 3.78. The quantitative estimate of drug-likeness (QED) is 0.747. The lowest BCUT2D eigenvalue weighted by molar-refractivity contribution is 0.146. The van der Waals surface area contributed by atoms with Crippen molar-refractivity contribution >= 4 is 15.9 Å². The summed E-state index contributed by atoms with van der Waals surface area (Å²) in [7, 11) is 0. The fourth-order valence-electron chi connectivity index (χ4n) is 0.660. The summed E-state index contributed by atoms with van der Waals surface area (Å²) in [4.78, 5) is 3.44. The third-order valence-electron chi connectivity index (χ3n) is 1.22. The molecule has 0 aliphatic heterocycles. The molecule has 1 heterocycles.